The Morgan fingerprint density at radius 1 is 1.67 bits per heavy atom. The summed E-state index contributed by atoms with van der Waals surface area (Å²) in [6.45, 7) is 0. The minimum atomic E-state index is 0.297. The van der Waals surface area contributed by atoms with Gasteiger partial charge in [-0.3, -0.25) is 0 Å². The van der Waals surface area contributed by atoms with E-state index < -0.39 is 0 Å². The highest BCUT2D eigenvalue weighted by molar-refractivity contribution is 8.01. The number of nitrogens with zero attached hydrogens (tertiary/aromatic N) is 1. The first kappa shape index (κ1) is 10.8. The predicted octanol–water partition coefficient (Wildman–Crippen LogP) is 2.76. The molecule has 0 atom stereocenters. The predicted molar refractivity (Wildman–Crippen MR) is 64.7 cm³/mol. The molecule has 0 spiro atoms. The first-order valence-corrected chi connectivity index (χ1v) is 6.73. The van der Waals surface area contributed by atoms with E-state index >= 15 is 0 Å². The lowest BCUT2D eigenvalue weighted by atomic mass is 10.1. The quantitative estimate of drug-likeness (QED) is 0.274. The number of amidine groups is 1. The van der Waals surface area contributed by atoms with Gasteiger partial charge >= 0.3 is 0 Å². The van der Waals surface area contributed by atoms with Crippen molar-refractivity contribution in [3.8, 4) is 0 Å². The van der Waals surface area contributed by atoms with Crippen LogP contribution in [0.1, 0.15) is 19.3 Å². The fourth-order valence-corrected chi connectivity index (χ4v) is 3.62. The summed E-state index contributed by atoms with van der Waals surface area (Å²) in [4.78, 5) is 0. The van der Waals surface area contributed by atoms with E-state index in [1.54, 1.807) is 11.3 Å². The minimum absolute atomic E-state index is 0.297. The van der Waals surface area contributed by atoms with Crippen LogP contribution in [0.3, 0.4) is 0 Å². The zero-order chi connectivity index (χ0) is 10.7. The summed E-state index contributed by atoms with van der Waals surface area (Å²) in [5.41, 5.74) is 5.84. The molecule has 1 aromatic rings. The Labute approximate surface area is 97.4 Å². The van der Waals surface area contributed by atoms with Crippen LogP contribution in [-0.2, 0) is 0 Å². The van der Waals surface area contributed by atoms with Gasteiger partial charge in [-0.2, -0.15) is 0 Å². The largest absolute Gasteiger partial charge is 0.409 e. The molecular weight excluding hydrogens is 228 g/mol. The van der Waals surface area contributed by atoms with Crippen molar-refractivity contribution in [3.05, 3.63) is 17.5 Å². The van der Waals surface area contributed by atoms with Gasteiger partial charge < -0.3 is 10.9 Å². The number of hydrogen-bond acceptors (Lipinski definition) is 4. The SMILES string of the molecule is NC(CC1(CSc2cccs2)CC1)=NO. The maximum Gasteiger partial charge on any atom is 0.139 e. The van der Waals surface area contributed by atoms with Gasteiger partial charge in [-0.15, -0.1) is 23.1 Å². The van der Waals surface area contributed by atoms with Crippen LogP contribution in [0, 0.1) is 5.41 Å². The van der Waals surface area contributed by atoms with Crippen molar-refractivity contribution < 1.29 is 5.21 Å². The monoisotopic (exact) mass is 242 g/mol. The van der Waals surface area contributed by atoms with Crippen LogP contribution in [0.15, 0.2) is 26.9 Å². The van der Waals surface area contributed by atoms with Crippen molar-refractivity contribution in [2.75, 3.05) is 5.75 Å². The second-order valence-corrected chi connectivity index (χ2v) is 6.21. The smallest absolute Gasteiger partial charge is 0.139 e. The van der Waals surface area contributed by atoms with Gasteiger partial charge in [-0.1, -0.05) is 11.2 Å². The summed E-state index contributed by atoms with van der Waals surface area (Å²) in [6, 6.07) is 4.20. The Bertz CT molecular complexity index is 344. The molecule has 0 unspecified atom stereocenters. The Balaban J connectivity index is 1.84. The van der Waals surface area contributed by atoms with Crippen molar-refractivity contribution in [2.45, 2.75) is 23.5 Å². The average Bonchev–Trinajstić information content (AvgIpc) is 2.81. The summed E-state index contributed by atoms with van der Waals surface area (Å²) < 4.78 is 1.35. The molecule has 1 heterocycles. The number of thiophene rings is 1. The van der Waals surface area contributed by atoms with Gasteiger partial charge in [0.05, 0.1) is 4.21 Å². The van der Waals surface area contributed by atoms with Gasteiger partial charge in [0, 0.05) is 12.2 Å². The van der Waals surface area contributed by atoms with E-state index in [4.69, 9.17) is 10.9 Å². The molecular formula is C10H14N2OS2. The van der Waals surface area contributed by atoms with E-state index in [1.165, 1.54) is 17.1 Å². The molecule has 5 heteroatoms. The zero-order valence-corrected chi connectivity index (χ0v) is 9.98. The van der Waals surface area contributed by atoms with Gasteiger partial charge in [0.2, 0.25) is 0 Å². The fourth-order valence-electron chi connectivity index (χ4n) is 1.54. The summed E-state index contributed by atoms with van der Waals surface area (Å²) in [6.07, 6.45) is 3.12. The first-order chi connectivity index (χ1) is 7.24. The second-order valence-electron chi connectivity index (χ2n) is 3.99. The molecule has 0 amide bonds. The van der Waals surface area contributed by atoms with Gasteiger partial charge in [0.25, 0.3) is 0 Å². The fraction of sp³-hybridized carbons (Fsp3) is 0.500. The van der Waals surface area contributed by atoms with Gasteiger partial charge in [-0.05, 0) is 29.7 Å². The Kier molecular flexibility index (Phi) is 3.21. The normalized spacial score (nSPS) is 19.1. The molecule has 1 aliphatic rings. The highest BCUT2D eigenvalue weighted by atomic mass is 32.2. The molecule has 1 fully saturated rings. The van der Waals surface area contributed by atoms with E-state index in [-0.39, 0.29) is 0 Å². The lowest BCUT2D eigenvalue weighted by Crippen LogP contribution is -2.19. The topological polar surface area (TPSA) is 58.6 Å². The maximum atomic E-state index is 8.54. The van der Waals surface area contributed by atoms with E-state index in [0.29, 0.717) is 11.3 Å². The molecule has 1 aliphatic carbocycles. The molecule has 3 nitrogen and oxygen atoms in total. The molecule has 0 aromatic carbocycles. The number of rotatable bonds is 5. The van der Waals surface area contributed by atoms with Crippen LogP contribution >= 0.6 is 23.1 Å². The Morgan fingerprint density at radius 2 is 2.47 bits per heavy atom. The molecule has 1 saturated carbocycles. The summed E-state index contributed by atoms with van der Waals surface area (Å²) in [7, 11) is 0. The summed E-state index contributed by atoms with van der Waals surface area (Å²) in [5.74, 6) is 1.43. The third-order valence-corrected chi connectivity index (χ3v) is 5.14. The van der Waals surface area contributed by atoms with Crippen molar-refractivity contribution >= 4 is 28.9 Å². The third kappa shape index (κ3) is 2.89. The molecule has 0 radical (unpaired) electrons. The van der Waals surface area contributed by atoms with Crippen LogP contribution in [0.25, 0.3) is 0 Å². The number of oxime groups is 1. The standard InChI is InChI=1S/C10H14N2OS2/c11-8(12-13)6-10(3-4-10)7-15-9-2-1-5-14-9/h1-2,5,13H,3-4,6-7H2,(H2,11,12). The van der Waals surface area contributed by atoms with E-state index in [2.05, 4.69) is 22.7 Å². The Morgan fingerprint density at radius 3 is 3.00 bits per heavy atom. The van der Waals surface area contributed by atoms with Gasteiger partial charge in [0.1, 0.15) is 5.84 Å². The van der Waals surface area contributed by atoms with Crippen LogP contribution in [0.5, 0.6) is 0 Å². The number of thioether (sulfide) groups is 1. The molecule has 0 saturated heterocycles. The third-order valence-electron chi connectivity index (χ3n) is 2.66. The molecule has 1 aromatic heterocycles. The minimum Gasteiger partial charge on any atom is -0.409 e. The molecule has 82 valence electrons. The van der Waals surface area contributed by atoms with E-state index in [1.807, 2.05) is 11.8 Å². The molecule has 3 N–H and O–H groups in total. The van der Waals surface area contributed by atoms with Gasteiger partial charge in [-0.25, -0.2) is 0 Å². The average molecular weight is 242 g/mol. The highest BCUT2D eigenvalue weighted by Crippen LogP contribution is 2.52. The van der Waals surface area contributed by atoms with E-state index in [0.717, 1.165) is 12.2 Å². The molecule has 2 rings (SSSR count). The zero-order valence-electron chi connectivity index (χ0n) is 8.35. The molecule has 15 heavy (non-hydrogen) atoms. The first-order valence-electron chi connectivity index (χ1n) is 4.87. The van der Waals surface area contributed by atoms with Crippen LogP contribution in [-0.4, -0.2) is 16.8 Å². The second kappa shape index (κ2) is 4.45. The van der Waals surface area contributed by atoms with Crippen LogP contribution < -0.4 is 5.73 Å². The lowest BCUT2D eigenvalue weighted by Gasteiger charge is -2.12. The van der Waals surface area contributed by atoms with Crippen LogP contribution in [0.4, 0.5) is 0 Å². The summed E-state index contributed by atoms with van der Waals surface area (Å²) in [5, 5.41) is 13.7. The summed E-state index contributed by atoms with van der Waals surface area (Å²) >= 11 is 3.64. The van der Waals surface area contributed by atoms with Gasteiger partial charge in [0.15, 0.2) is 0 Å². The molecule has 0 aliphatic heterocycles. The van der Waals surface area contributed by atoms with Crippen molar-refractivity contribution in [1.82, 2.24) is 0 Å². The maximum absolute atomic E-state index is 8.54. The molecule has 0 bridgehead atoms. The van der Waals surface area contributed by atoms with Crippen LogP contribution in [0.2, 0.25) is 0 Å². The lowest BCUT2D eigenvalue weighted by molar-refractivity contribution is 0.315. The highest BCUT2D eigenvalue weighted by Gasteiger charge is 2.43. The van der Waals surface area contributed by atoms with Crippen molar-refractivity contribution in [3.63, 3.8) is 0 Å². The number of hydrogen-bond donors (Lipinski definition) is 2. The van der Waals surface area contributed by atoms with Crippen molar-refractivity contribution in [2.24, 2.45) is 16.3 Å². The Hall–Kier alpha value is -0.680. The van der Waals surface area contributed by atoms with Crippen molar-refractivity contribution in [1.29, 1.82) is 0 Å². The van der Waals surface area contributed by atoms with E-state index in [9.17, 15) is 0 Å². The number of nitrogens with two attached hydrogens (primary N) is 1.